The lowest BCUT2D eigenvalue weighted by Gasteiger charge is -2.35. The number of thiol groups is 1. The molecule has 2 aromatic carbocycles. The Labute approximate surface area is 299 Å². The summed E-state index contributed by atoms with van der Waals surface area (Å²) in [5.74, 6) is -1.58. The molecule has 9 nitrogen and oxygen atoms in total. The van der Waals surface area contributed by atoms with Gasteiger partial charge < -0.3 is 25.0 Å². The second-order valence-corrected chi connectivity index (χ2v) is 15.1. The number of rotatable bonds is 17. The van der Waals surface area contributed by atoms with E-state index in [1.54, 1.807) is 41.5 Å². The predicted octanol–water partition coefficient (Wildman–Crippen LogP) is 7.43. The number of aryl methyl sites for hydroxylation is 2. The highest BCUT2D eigenvalue weighted by Crippen LogP contribution is 2.27. The van der Waals surface area contributed by atoms with Crippen LogP contribution in [0.3, 0.4) is 0 Å². The zero-order chi connectivity index (χ0) is 36.8. The monoisotopic (exact) mass is 697 g/mol. The van der Waals surface area contributed by atoms with Crippen molar-refractivity contribution in [3.63, 3.8) is 0 Å². The van der Waals surface area contributed by atoms with E-state index in [-0.39, 0.29) is 18.7 Å². The molecule has 0 radical (unpaired) electrons. The molecule has 0 fully saturated rings. The number of nitrogens with one attached hydrogen (secondary N) is 2. The Morgan fingerprint density at radius 1 is 0.776 bits per heavy atom. The lowest BCUT2D eigenvalue weighted by molar-refractivity contribution is -0.159. The number of unbranched alkanes of at least 4 members (excludes halogenated alkanes) is 5. The molecule has 0 aromatic heterocycles. The second kappa shape index (κ2) is 19.6. The molecule has 3 atom stereocenters. The van der Waals surface area contributed by atoms with Crippen molar-refractivity contribution in [3.8, 4) is 0 Å². The van der Waals surface area contributed by atoms with Gasteiger partial charge in [0.1, 0.15) is 29.3 Å². The van der Waals surface area contributed by atoms with E-state index in [1.165, 1.54) is 4.90 Å². The highest BCUT2D eigenvalue weighted by atomic mass is 32.1. The summed E-state index contributed by atoms with van der Waals surface area (Å²) in [4.78, 5) is 56.9. The van der Waals surface area contributed by atoms with Crippen LogP contribution < -0.4 is 10.6 Å². The second-order valence-electron chi connectivity index (χ2n) is 14.7. The van der Waals surface area contributed by atoms with Crippen molar-refractivity contribution in [2.45, 2.75) is 137 Å². The number of benzene rings is 2. The third-order valence-corrected chi connectivity index (χ3v) is 8.27. The molecule has 3 amide bonds. The molecule has 2 aromatic rings. The number of alkyl carbamates (subject to hydrolysis) is 1. The molecule has 0 heterocycles. The minimum Gasteiger partial charge on any atom is -0.458 e. The summed E-state index contributed by atoms with van der Waals surface area (Å²) >= 11 is 4.42. The molecule has 0 saturated heterocycles. The molecule has 0 aliphatic carbocycles. The first-order valence-corrected chi connectivity index (χ1v) is 18.1. The lowest BCUT2D eigenvalue weighted by atomic mass is 9.97. The van der Waals surface area contributed by atoms with Crippen LogP contribution in [0.4, 0.5) is 4.79 Å². The van der Waals surface area contributed by atoms with Crippen LogP contribution in [0, 0.1) is 13.8 Å². The van der Waals surface area contributed by atoms with Gasteiger partial charge in [-0.25, -0.2) is 9.59 Å². The van der Waals surface area contributed by atoms with Crippen molar-refractivity contribution in [3.05, 3.63) is 70.8 Å². The largest absolute Gasteiger partial charge is 0.458 e. The lowest BCUT2D eigenvalue weighted by Crippen LogP contribution is -2.55. The Kier molecular flexibility index (Phi) is 16.7. The molecule has 0 aliphatic rings. The smallest absolute Gasteiger partial charge is 0.408 e. The van der Waals surface area contributed by atoms with E-state index < -0.39 is 53.2 Å². The quantitative estimate of drug-likeness (QED) is 0.0901. The maximum atomic E-state index is 14.6. The summed E-state index contributed by atoms with van der Waals surface area (Å²) in [5, 5.41) is 5.63. The number of nitrogens with zero attached hydrogens (tertiary/aromatic N) is 1. The molecular formula is C39H59N3O6S. The van der Waals surface area contributed by atoms with Crippen LogP contribution in [0.25, 0.3) is 0 Å². The van der Waals surface area contributed by atoms with Crippen molar-refractivity contribution >= 4 is 36.5 Å². The van der Waals surface area contributed by atoms with Gasteiger partial charge in [0, 0.05) is 18.7 Å². The van der Waals surface area contributed by atoms with Gasteiger partial charge in [0.15, 0.2) is 0 Å². The molecule has 2 N–H and O–H groups in total. The Morgan fingerprint density at radius 2 is 1.39 bits per heavy atom. The average molecular weight is 698 g/mol. The topological polar surface area (TPSA) is 114 Å². The van der Waals surface area contributed by atoms with Crippen LogP contribution in [-0.2, 0) is 30.3 Å². The van der Waals surface area contributed by atoms with Crippen molar-refractivity contribution in [1.29, 1.82) is 0 Å². The van der Waals surface area contributed by atoms with E-state index in [9.17, 15) is 19.2 Å². The van der Waals surface area contributed by atoms with Gasteiger partial charge in [0.2, 0.25) is 11.8 Å². The van der Waals surface area contributed by atoms with Crippen LogP contribution in [0.2, 0.25) is 0 Å². The molecule has 272 valence electrons. The number of hydrogen-bond acceptors (Lipinski definition) is 7. The van der Waals surface area contributed by atoms with E-state index in [0.29, 0.717) is 12.0 Å². The number of ether oxygens (including phenoxy) is 2. The van der Waals surface area contributed by atoms with Gasteiger partial charge in [-0.15, -0.1) is 0 Å². The Morgan fingerprint density at radius 3 is 1.96 bits per heavy atom. The fraction of sp³-hybridized carbons (Fsp3) is 0.590. The predicted molar refractivity (Wildman–Crippen MR) is 199 cm³/mol. The molecule has 0 spiro atoms. The number of amides is 3. The summed E-state index contributed by atoms with van der Waals surface area (Å²) in [7, 11) is 0. The van der Waals surface area contributed by atoms with Crippen molar-refractivity contribution in [2.24, 2.45) is 0 Å². The number of esters is 1. The van der Waals surface area contributed by atoms with Gasteiger partial charge in [-0.3, -0.25) is 9.59 Å². The highest BCUT2D eigenvalue weighted by molar-refractivity contribution is 7.80. The van der Waals surface area contributed by atoms with Gasteiger partial charge in [0.05, 0.1) is 0 Å². The van der Waals surface area contributed by atoms with E-state index in [4.69, 9.17) is 9.47 Å². The van der Waals surface area contributed by atoms with Crippen molar-refractivity contribution in [1.82, 2.24) is 15.5 Å². The number of hydrogen-bond donors (Lipinski definition) is 3. The van der Waals surface area contributed by atoms with Gasteiger partial charge in [0.25, 0.3) is 0 Å². The first kappa shape index (κ1) is 41.6. The van der Waals surface area contributed by atoms with Crippen molar-refractivity contribution in [2.75, 3.05) is 12.3 Å². The van der Waals surface area contributed by atoms with Gasteiger partial charge in [-0.2, -0.15) is 12.6 Å². The fourth-order valence-electron chi connectivity index (χ4n) is 5.34. The minimum absolute atomic E-state index is 0.0130. The molecule has 2 rings (SSSR count). The summed E-state index contributed by atoms with van der Waals surface area (Å²) < 4.78 is 11.2. The average Bonchev–Trinajstić information content (AvgIpc) is 3.00. The third-order valence-electron chi connectivity index (χ3n) is 7.90. The maximum Gasteiger partial charge on any atom is 0.408 e. The van der Waals surface area contributed by atoms with Crippen molar-refractivity contribution < 1.29 is 28.7 Å². The van der Waals surface area contributed by atoms with Gasteiger partial charge in [-0.1, -0.05) is 87.6 Å². The third kappa shape index (κ3) is 14.9. The van der Waals surface area contributed by atoms with E-state index in [2.05, 4.69) is 30.2 Å². The zero-order valence-corrected chi connectivity index (χ0v) is 32.0. The summed E-state index contributed by atoms with van der Waals surface area (Å²) in [6, 6.07) is 11.9. The van der Waals surface area contributed by atoms with E-state index in [1.807, 2.05) is 62.4 Å². The van der Waals surface area contributed by atoms with Crippen LogP contribution in [-0.4, -0.2) is 64.4 Å². The van der Waals surface area contributed by atoms with Crippen LogP contribution in [0.1, 0.15) is 115 Å². The molecular weight excluding hydrogens is 639 g/mol. The summed E-state index contributed by atoms with van der Waals surface area (Å²) in [6.07, 6.45) is 5.29. The number of carbonyl (C=O) groups is 4. The molecule has 0 bridgehead atoms. The molecule has 0 saturated carbocycles. The maximum absolute atomic E-state index is 14.6. The molecule has 0 aliphatic heterocycles. The molecule has 49 heavy (non-hydrogen) atoms. The molecule has 10 heteroatoms. The van der Waals surface area contributed by atoms with Crippen LogP contribution in [0.5, 0.6) is 0 Å². The Hall–Kier alpha value is -3.53. The van der Waals surface area contributed by atoms with E-state index in [0.717, 1.165) is 48.8 Å². The summed E-state index contributed by atoms with van der Waals surface area (Å²) in [5.41, 5.74) is 1.87. The van der Waals surface area contributed by atoms with Crippen LogP contribution in [0.15, 0.2) is 48.5 Å². The Balaban J connectivity index is 2.60. The van der Waals surface area contributed by atoms with Crippen LogP contribution >= 0.6 is 12.6 Å². The number of carbonyl (C=O) groups excluding carboxylic acids is 4. The normalized spacial score (nSPS) is 13.5. The van der Waals surface area contributed by atoms with Gasteiger partial charge in [-0.05, 0) is 84.1 Å². The van der Waals surface area contributed by atoms with E-state index >= 15 is 0 Å². The standard InChI is InChI=1S/C39H59N3O6S/c1-10-11-12-13-14-18-23-42(35(44)32(26-49)41-37(46)48-39(7,8)9)33(30-22-21-27(2)28(3)24-30)34(43)40-31(36(45)47-38(4,5)6)25-29-19-16-15-17-20-29/h15-17,19-22,24,31-33,49H,10-14,18,23,25-26H2,1-9H3,(H,40,43)(H,41,46). The summed E-state index contributed by atoms with van der Waals surface area (Å²) in [6.45, 7) is 16.9. The minimum atomic E-state index is -1.11. The zero-order valence-electron chi connectivity index (χ0n) is 31.1. The highest BCUT2D eigenvalue weighted by Gasteiger charge is 2.38. The SMILES string of the molecule is CCCCCCCCN(C(=O)C(CS)NC(=O)OC(C)(C)C)C(C(=O)NC(Cc1ccccc1)C(=O)OC(C)(C)C)c1ccc(C)c(C)c1. The fourth-order valence-corrected chi connectivity index (χ4v) is 5.59. The Bertz CT molecular complexity index is 1370. The first-order valence-electron chi connectivity index (χ1n) is 17.5. The first-order chi connectivity index (χ1) is 23.0. The van der Waals surface area contributed by atoms with Gasteiger partial charge >= 0.3 is 12.1 Å². The molecule has 3 unspecified atom stereocenters.